The predicted octanol–water partition coefficient (Wildman–Crippen LogP) is 2.69. The molecule has 106 valence electrons. The maximum absolute atomic E-state index is 13.9. The maximum Gasteiger partial charge on any atom is 0.166 e. The Balaban J connectivity index is 2.09. The van der Waals surface area contributed by atoms with E-state index in [-0.39, 0.29) is 18.2 Å². The van der Waals surface area contributed by atoms with Crippen molar-refractivity contribution in [3.8, 4) is 5.75 Å². The van der Waals surface area contributed by atoms with Crippen LogP contribution in [0.15, 0.2) is 36.7 Å². The second-order valence-corrected chi connectivity index (χ2v) is 4.72. The number of nitrogens with one attached hydrogen (secondary N) is 1. The molecular weight excluding hydrogens is 257 g/mol. The van der Waals surface area contributed by atoms with Gasteiger partial charge in [-0.25, -0.2) is 14.4 Å². The summed E-state index contributed by atoms with van der Waals surface area (Å²) >= 11 is 0. The molecule has 2 aromatic rings. The van der Waals surface area contributed by atoms with E-state index >= 15 is 0 Å². The Labute approximate surface area is 118 Å². The molecule has 1 N–H and O–H groups in total. The molecule has 0 atom stereocenters. The van der Waals surface area contributed by atoms with Crippen LogP contribution in [-0.2, 0) is 13.2 Å². The van der Waals surface area contributed by atoms with Crippen LogP contribution in [0.4, 0.5) is 4.39 Å². The van der Waals surface area contributed by atoms with Gasteiger partial charge in [0.25, 0.3) is 0 Å². The second kappa shape index (κ2) is 6.96. The van der Waals surface area contributed by atoms with Crippen LogP contribution in [0.25, 0.3) is 0 Å². The third kappa shape index (κ3) is 3.99. The molecule has 5 heteroatoms. The van der Waals surface area contributed by atoms with Gasteiger partial charge in [0.05, 0.1) is 0 Å². The number of aromatic nitrogens is 2. The number of halogens is 1. The predicted molar refractivity (Wildman–Crippen MR) is 74.7 cm³/mol. The van der Waals surface area contributed by atoms with Gasteiger partial charge >= 0.3 is 0 Å². The second-order valence-electron chi connectivity index (χ2n) is 4.72. The van der Waals surface area contributed by atoms with Crippen molar-refractivity contribution in [1.29, 1.82) is 0 Å². The van der Waals surface area contributed by atoms with Gasteiger partial charge in [0, 0.05) is 30.5 Å². The van der Waals surface area contributed by atoms with Crippen LogP contribution in [-0.4, -0.2) is 16.0 Å². The number of hydrogen-bond donors (Lipinski definition) is 1. The minimum atomic E-state index is -0.371. The van der Waals surface area contributed by atoms with Crippen LogP contribution in [0.3, 0.4) is 0 Å². The van der Waals surface area contributed by atoms with Crippen molar-refractivity contribution in [2.75, 3.05) is 0 Å². The van der Waals surface area contributed by atoms with Crippen molar-refractivity contribution in [3.63, 3.8) is 0 Å². The molecule has 0 radical (unpaired) electrons. The summed E-state index contributed by atoms with van der Waals surface area (Å²) in [5.41, 5.74) is 0.787. The highest BCUT2D eigenvalue weighted by Crippen LogP contribution is 2.23. The van der Waals surface area contributed by atoms with E-state index in [1.807, 2.05) is 19.9 Å². The number of hydrogen-bond acceptors (Lipinski definition) is 4. The van der Waals surface area contributed by atoms with Gasteiger partial charge in [-0.05, 0) is 12.1 Å². The average molecular weight is 275 g/mol. The van der Waals surface area contributed by atoms with Crippen molar-refractivity contribution >= 4 is 0 Å². The van der Waals surface area contributed by atoms with E-state index in [1.165, 1.54) is 6.07 Å². The summed E-state index contributed by atoms with van der Waals surface area (Å²) in [5, 5.41) is 3.25. The summed E-state index contributed by atoms with van der Waals surface area (Å²) in [6.07, 6.45) is 3.27. The van der Waals surface area contributed by atoms with E-state index in [0.717, 1.165) is 5.56 Å². The minimum absolute atomic E-state index is 0.149. The molecule has 0 bridgehead atoms. The highest BCUT2D eigenvalue weighted by molar-refractivity contribution is 5.35. The van der Waals surface area contributed by atoms with Crippen LogP contribution in [0.1, 0.15) is 25.2 Å². The van der Waals surface area contributed by atoms with Gasteiger partial charge in [-0.3, -0.25) is 0 Å². The van der Waals surface area contributed by atoms with Gasteiger partial charge in [0.1, 0.15) is 6.61 Å². The average Bonchev–Trinajstić information content (AvgIpc) is 2.45. The van der Waals surface area contributed by atoms with Gasteiger partial charge in [0.15, 0.2) is 17.4 Å². The fourth-order valence-corrected chi connectivity index (χ4v) is 1.71. The van der Waals surface area contributed by atoms with E-state index in [9.17, 15) is 4.39 Å². The van der Waals surface area contributed by atoms with E-state index < -0.39 is 0 Å². The normalized spacial score (nSPS) is 10.8. The molecule has 4 nitrogen and oxygen atoms in total. The Bertz CT molecular complexity index is 546. The Morgan fingerprint density at radius 1 is 1.20 bits per heavy atom. The molecule has 0 saturated carbocycles. The smallest absolute Gasteiger partial charge is 0.166 e. The summed E-state index contributed by atoms with van der Waals surface area (Å²) in [6, 6.07) is 6.96. The maximum atomic E-state index is 13.9. The summed E-state index contributed by atoms with van der Waals surface area (Å²) in [7, 11) is 0. The van der Waals surface area contributed by atoms with Gasteiger partial charge in [-0.2, -0.15) is 0 Å². The van der Waals surface area contributed by atoms with Crippen molar-refractivity contribution in [2.45, 2.75) is 33.0 Å². The lowest BCUT2D eigenvalue weighted by Crippen LogP contribution is -2.22. The molecule has 0 aliphatic rings. The third-order valence-electron chi connectivity index (χ3n) is 2.71. The molecule has 0 spiro atoms. The number of benzene rings is 1. The Morgan fingerprint density at radius 3 is 2.65 bits per heavy atom. The molecular formula is C15H18FN3O. The van der Waals surface area contributed by atoms with Crippen LogP contribution in [0.2, 0.25) is 0 Å². The van der Waals surface area contributed by atoms with Gasteiger partial charge < -0.3 is 10.1 Å². The number of ether oxygens (including phenoxy) is 1. The van der Waals surface area contributed by atoms with Crippen molar-refractivity contribution in [1.82, 2.24) is 15.3 Å². The Morgan fingerprint density at radius 2 is 1.95 bits per heavy atom. The minimum Gasteiger partial charge on any atom is -0.482 e. The lowest BCUT2D eigenvalue weighted by atomic mass is 10.2. The topological polar surface area (TPSA) is 47.0 Å². The van der Waals surface area contributed by atoms with E-state index in [0.29, 0.717) is 18.4 Å². The molecule has 0 aliphatic carbocycles. The molecule has 0 aliphatic heterocycles. The lowest BCUT2D eigenvalue weighted by Gasteiger charge is -2.14. The molecule has 20 heavy (non-hydrogen) atoms. The summed E-state index contributed by atoms with van der Waals surface area (Å²) in [6.45, 7) is 4.78. The Hall–Kier alpha value is -2.01. The highest BCUT2D eigenvalue weighted by Gasteiger charge is 2.11. The van der Waals surface area contributed by atoms with Crippen LogP contribution >= 0.6 is 0 Å². The molecule has 0 amide bonds. The molecule has 0 saturated heterocycles. The van der Waals surface area contributed by atoms with E-state index in [2.05, 4.69) is 15.3 Å². The van der Waals surface area contributed by atoms with E-state index in [4.69, 9.17) is 4.74 Å². The first-order valence-corrected chi connectivity index (χ1v) is 6.56. The molecule has 0 fully saturated rings. The third-order valence-corrected chi connectivity index (χ3v) is 2.71. The standard InChI is InChI=1S/C15H18FN3O/c1-11(2)19-9-12-5-3-6-13(16)15(12)20-10-14-17-7-4-8-18-14/h3-8,11,19H,9-10H2,1-2H3. The summed E-state index contributed by atoms with van der Waals surface area (Å²) < 4.78 is 19.4. The number of para-hydroxylation sites is 1. The fourth-order valence-electron chi connectivity index (χ4n) is 1.71. The molecule has 1 aromatic carbocycles. The molecule has 0 unspecified atom stereocenters. The summed E-state index contributed by atoms with van der Waals surface area (Å²) in [4.78, 5) is 8.11. The number of rotatable bonds is 6. The largest absolute Gasteiger partial charge is 0.482 e. The number of nitrogens with zero attached hydrogens (tertiary/aromatic N) is 2. The zero-order valence-corrected chi connectivity index (χ0v) is 11.6. The monoisotopic (exact) mass is 275 g/mol. The quantitative estimate of drug-likeness (QED) is 0.880. The fraction of sp³-hybridized carbons (Fsp3) is 0.333. The first kappa shape index (κ1) is 14.4. The van der Waals surface area contributed by atoms with Crippen molar-refractivity contribution in [2.24, 2.45) is 0 Å². The van der Waals surface area contributed by atoms with Crippen molar-refractivity contribution in [3.05, 3.63) is 53.9 Å². The van der Waals surface area contributed by atoms with Crippen LogP contribution in [0, 0.1) is 5.82 Å². The molecule has 1 heterocycles. The SMILES string of the molecule is CC(C)NCc1cccc(F)c1OCc1ncccn1. The molecule has 1 aromatic heterocycles. The van der Waals surface area contributed by atoms with Gasteiger partial charge in [-0.15, -0.1) is 0 Å². The van der Waals surface area contributed by atoms with Crippen LogP contribution in [0.5, 0.6) is 5.75 Å². The van der Waals surface area contributed by atoms with Crippen molar-refractivity contribution < 1.29 is 9.13 Å². The first-order chi connectivity index (χ1) is 9.66. The highest BCUT2D eigenvalue weighted by atomic mass is 19.1. The van der Waals surface area contributed by atoms with E-state index in [1.54, 1.807) is 24.5 Å². The zero-order chi connectivity index (χ0) is 14.4. The Kier molecular flexibility index (Phi) is 5.01. The van der Waals surface area contributed by atoms with Gasteiger partial charge in [0.2, 0.25) is 0 Å². The first-order valence-electron chi connectivity index (χ1n) is 6.56. The summed E-state index contributed by atoms with van der Waals surface area (Å²) in [5.74, 6) is 0.413. The van der Waals surface area contributed by atoms with Gasteiger partial charge in [-0.1, -0.05) is 26.0 Å². The van der Waals surface area contributed by atoms with Crippen LogP contribution < -0.4 is 10.1 Å². The lowest BCUT2D eigenvalue weighted by molar-refractivity contribution is 0.276. The molecule has 2 rings (SSSR count). The zero-order valence-electron chi connectivity index (χ0n) is 11.6.